The van der Waals surface area contributed by atoms with E-state index in [-0.39, 0.29) is 0 Å². The van der Waals surface area contributed by atoms with Crippen molar-refractivity contribution < 1.29 is 9.47 Å². The van der Waals surface area contributed by atoms with Crippen molar-refractivity contribution in [1.82, 2.24) is 5.32 Å². The fourth-order valence-electron chi connectivity index (χ4n) is 2.82. The Morgan fingerprint density at radius 2 is 2.26 bits per heavy atom. The van der Waals surface area contributed by atoms with Crippen molar-refractivity contribution in [3.63, 3.8) is 0 Å². The first-order chi connectivity index (χ1) is 9.24. The zero-order valence-corrected chi connectivity index (χ0v) is 12.2. The normalized spacial score (nSPS) is 22.7. The number of hydrogen-bond donors (Lipinski definition) is 1. The average molecular weight is 263 g/mol. The van der Waals surface area contributed by atoms with Crippen LogP contribution in [0, 0.1) is 12.8 Å². The van der Waals surface area contributed by atoms with Crippen LogP contribution in [0.5, 0.6) is 5.75 Å². The number of nitrogens with one attached hydrogen (secondary N) is 1. The molecule has 1 aromatic carbocycles. The summed E-state index contributed by atoms with van der Waals surface area (Å²) in [7, 11) is 1.73. The van der Waals surface area contributed by atoms with Gasteiger partial charge in [0.25, 0.3) is 0 Å². The van der Waals surface area contributed by atoms with Crippen LogP contribution in [0.2, 0.25) is 0 Å². The number of benzene rings is 1. The standard InChI is InChI=1S/C16H25NO2/c1-4-15-13(7-8-19-15)10-17-11-14-9-12(2)5-6-16(14)18-3/h5-6,9,13,15,17H,4,7-8,10-11H2,1-3H3. The summed E-state index contributed by atoms with van der Waals surface area (Å²) >= 11 is 0. The fourth-order valence-corrected chi connectivity index (χ4v) is 2.82. The third-order valence-electron chi connectivity index (χ3n) is 3.91. The maximum absolute atomic E-state index is 5.72. The molecular formula is C16H25NO2. The molecule has 1 saturated heterocycles. The van der Waals surface area contributed by atoms with Gasteiger partial charge in [-0.25, -0.2) is 0 Å². The smallest absolute Gasteiger partial charge is 0.123 e. The summed E-state index contributed by atoms with van der Waals surface area (Å²) < 4.78 is 11.1. The van der Waals surface area contributed by atoms with Crippen LogP contribution in [-0.4, -0.2) is 26.4 Å². The van der Waals surface area contributed by atoms with E-state index in [2.05, 4.69) is 31.3 Å². The molecule has 2 rings (SSSR count). The van der Waals surface area contributed by atoms with E-state index in [1.54, 1.807) is 7.11 Å². The van der Waals surface area contributed by atoms with Crippen molar-refractivity contribution in [1.29, 1.82) is 0 Å². The van der Waals surface area contributed by atoms with Gasteiger partial charge in [0.05, 0.1) is 13.2 Å². The second-order valence-corrected chi connectivity index (χ2v) is 5.31. The van der Waals surface area contributed by atoms with Crippen LogP contribution in [-0.2, 0) is 11.3 Å². The highest BCUT2D eigenvalue weighted by Crippen LogP contribution is 2.23. The van der Waals surface area contributed by atoms with E-state index in [0.717, 1.165) is 31.9 Å². The Labute approximate surface area is 116 Å². The first kappa shape index (κ1) is 14.4. The molecule has 1 aliphatic rings. The lowest BCUT2D eigenvalue weighted by Crippen LogP contribution is -2.28. The number of methoxy groups -OCH3 is 1. The molecule has 1 aromatic rings. The van der Waals surface area contributed by atoms with Gasteiger partial charge in [-0.2, -0.15) is 0 Å². The van der Waals surface area contributed by atoms with Crippen molar-refractivity contribution in [2.24, 2.45) is 5.92 Å². The molecule has 19 heavy (non-hydrogen) atoms. The Morgan fingerprint density at radius 3 is 3.00 bits per heavy atom. The molecular weight excluding hydrogens is 238 g/mol. The Morgan fingerprint density at radius 1 is 1.42 bits per heavy atom. The van der Waals surface area contributed by atoms with E-state index in [1.807, 2.05) is 6.07 Å². The van der Waals surface area contributed by atoms with Gasteiger partial charge in [-0.1, -0.05) is 24.6 Å². The summed E-state index contributed by atoms with van der Waals surface area (Å²) in [4.78, 5) is 0. The van der Waals surface area contributed by atoms with Crippen molar-refractivity contribution in [2.45, 2.75) is 39.3 Å². The lowest BCUT2D eigenvalue weighted by molar-refractivity contribution is 0.0872. The quantitative estimate of drug-likeness (QED) is 0.856. The highest BCUT2D eigenvalue weighted by Gasteiger charge is 2.25. The molecule has 106 valence electrons. The maximum atomic E-state index is 5.72. The first-order valence-electron chi connectivity index (χ1n) is 7.20. The summed E-state index contributed by atoms with van der Waals surface area (Å²) in [5.41, 5.74) is 2.50. The first-order valence-corrected chi connectivity index (χ1v) is 7.20. The van der Waals surface area contributed by atoms with Gasteiger partial charge in [-0.05, 0) is 31.7 Å². The Hall–Kier alpha value is -1.06. The van der Waals surface area contributed by atoms with Crippen LogP contribution in [0.15, 0.2) is 18.2 Å². The van der Waals surface area contributed by atoms with Crippen LogP contribution in [0.3, 0.4) is 0 Å². The molecule has 0 spiro atoms. The summed E-state index contributed by atoms with van der Waals surface area (Å²) in [6, 6.07) is 6.31. The van der Waals surface area contributed by atoms with Crippen molar-refractivity contribution >= 4 is 0 Å². The van der Waals surface area contributed by atoms with Gasteiger partial charge in [0.15, 0.2) is 0 Å². The molecule has 3 heteroatoms. The van der Waals surface area contributed by atoms with Gasteiger partial charge in [-0.3, -0.25) is 0 Å². The van der Waals surface area contributed by atoms with Crippen LogP contribution in [0.25, 0.3) is 0 Å². The lowest BCUT2D eigenvalue weighted by Gasteiger charge is -2.18. The second kappa shape index (κ2) is 6.92. The van der Waals surface area contributed by atoms with Gasteiger partial charge >= 0.3 is 0 Å². The molecule has 1 N–H and O–H groups in total. The molecule has 1 fully saturated rings. The van der Waals surface area contributed by atoms with E-state index in [1.165, 1.54) is 17.5 Å². The molecule has 2 atom stereocenters. The topological polar surface area (TPSA) is 30.5 Å². The zero-order valence-electron chi connectivity index (χ0n) is 12.2. The maximum Gasteiger partial charge on any atom is 0.123 e. The van der Waals surface area contributed by atoms with Gasteiger partial charge in [0.2, 0.25) is 0 Å². The third kappa shape index (κ3) is 3.71. The van der Waals surface area contributed by atoms with Crippen molar-refractivity contribution in [3.05, 3.63) is 29.3 Å². The van der Waals surface area contributed by atoms with Gasteiger partial charge in [0.1, 0.15) is 5.75 Å². The molecule has 3 nitrogen and oxygen atoms in total. The highest BCUT2D eigenvalue weighted by atomic mass is 16.5. The van der Waals surface area contributed by atoms with E-state index in [0.29, 0.717) is 12.0 Å². The SMILES string of the molecule is CCC1OCCC1CNCc1cc(C)ccc1OC. The number of hydrogen-bond acceptors (Lipinski definition) is 3. The van der Waals surface area contributed by atoms with Crippen LogP contribution >= 0.6 is 0 Å². The minimum absolute atomic E-state index is 0.437. The fraction of sp³-hybridized carbons (Fsp3) is 0.625. The molecule has 0 bridgehead atoms. The third-order valence-corrected chi connectivity index (χ3v) is 3.91. The van der Waals surface area contributed by atoms with Crippen LogP contribution in [0.1, 0.15) is 30.9 Å². The predicted octanol–water partition coefficient (Wildman–Crippen LogP) is 2.91. The number of rotatable bonds is 6. The zero-order chi connectivity index (χ0) is 13.7. The minimum Gasteiger partial charge on any atom is -0.496 e. The summed E-state index contributed by atoms with van der Waals surface area (Å²) in [5.74, 6) is 1.62. The van der Waals surface area contributed by atoms with Crippen molar-refractivity contribution in [3.8, 4) is 5.75 Å². The number of aryl methyl sites for hydroxylation is 1. The van der Waals surface area contributed by atoms with Gasteiger partial charge in [0, 0.05) is 25.3 Å². The van der Waals surface area contributed by atoms with Crippen molar-refractivity contribution in [2.75, 3.05) is 20.3 Å². The largest absolute Gasteiger partial charge is 0.496 e. The number of ether oxygens (including phenoxy) is 2. The van der Waals surface area contributed by atoms with E-state index < -0.39 is 0 Å². The molecule has 0 saturated carbocycles. The van der Waals surface area contributed by atoms with Gasteiger partial charge in [-0.15, -0.1) is 0 Å². The Kier molecular flexibility index (Phi) is 5.23. The predicted molar refractivity (Wildman–Crippen MR) is 77.6 cm³/mol. The molecule has 0 aliphatic carbocycles. The molecule has 0 radical (unpaired) electrons. The lowest BCUT2D eigenvalue weighted by atomic mass is 9.99. The minimum atomic E-state index is 0.437. The average Bonchev–Trinajstić information content (AvgIpc) is 2.86. The second-order valence-electron chi connectivity index (χ2n) is 5.31. The Balaban J connectivity index is 1.87. The molecule has 0 aromatic heterocycles. The van der Waals surface area contributed by atoms with E-state index in [4.69, 9.17) is 9.47 Å². The van der Waals surface area contributed by atoms with E-state index in [9.17, 15) is 0 Å². The summed E-state index contributed by atoms with van der Waals surface area (Å²) in [6.45, 7) is 7.11. The highest BCUT2D eigenvalue weighted by molar-refractivity contribution is 5.36. The van der Waals surface area contributed by atoms with Crippen LogP contribution < -0.4 is 10.1 Å². The molecule has 1 aliphatic heterocycles. The Bertz CT molecular complexity index is 406. The van der Waals surface area contributed by atoms with Gasteiger partial charge < -0.3 is 14.8 Å². The molecule has 1 heterocycles. The molecule has 0 amide bonds. The van der Waals surface area contributed by atoms with Crippen LogP contribution in [0.4, 0.5) is 0 Å². The monoisotopic (exact) mass is 263 g/mol. The molecule has 2 unspecified atom stereocenters. The summed E-state index contributed by atoms with van der Waals surface area (Å²) in [5, 5.41) is 3.55. The summed E-state index contributed by atoms with van der Waals surface area (Å²) in [6.07, 6.45) is 2.73. The van der Waals surface area contributed by atoms with E-state index >= 15 is 0 Å².